The summed E-state index contributed by atoms with van der Waals surface area (Å²) in [7, 11) is 0. The number of carbonyl (C=O) groups excluding carboxylic acids is 1. The summed E-state index contributed by atoms with van der Waals surface area (Å²) >= 11 is 0. The lowest BCUT2D eigenvalue weighted by Gasteiger charge is -2.07. The highest BCUT2D eigenvalue weighted by Crippen LogP contribution is 2.18. The van der Waals surface area contributed by atoms with Gasteiger partial charge in [0.05, 0.1) is 6.54 Å². The SMILES string of the molecule is CCCCCCCCCCc1ccc(-c2noc(CNC(=O)C[C@@H](C)CC)n2)cc1. The largest absolute Gasteiger partial charge is 0.347 e. The summed E-state index contributed by atoms with van der Waals surface area (Å²) in [6, 6.07) is 8.41. The second kappa shape index (κ2) is 13.9. The molecule has 5 heteroatoms. The zero-order chi connectivity index (χ0) is 21.6. The Bertz CT molecular complexity index is 724. The minimum absolute atomic E-state index is 0.0226. The molecule has 0 bridgehead atoms. The van der Waals surface area contributed by atoms with E-state index in [4.69, 9.17) is 4.52 Å². The number of carbonyl (C=O) groups is 1. The van der Waals surface area contributed by atoms with Gasteiger partial charge in [-0.25, -0.2) is 0 Å². The van der Waals surface area contributed by atoms with Crippen LogP contribution in [0.15, 0.2) is 28.8 Å². The molecule has 30 heavy (non-hydrogen) atoms. The first-order valence-electron chi connectivity index (χ1n) is 11.8. The molecular weight excluding hydrogens is 374 g/mol. The number of aromatic nitrogens is 2. The van der Waals surface area contributed by atoms with Crippen LogP contribution in [0.2, 0.25) is 0 Å². The van der Waals surface area contributed by atoms with Crippen LogP contribution in [0.25, 0.3) is 11.4 Å². The maximum absolute atomic E-state index is 11.9. The van der Waals surface area contributed by atoms with E-state index in [2.05, 4.69) is 60.5 Å². The summed E-state index contributed by atoms with van der Waals surface area (Å²) in [5.41, 5.74) is 2.29. The van der Waals surface area contributed by atoms with Crippen molar-refractivity contribution in [3.05, 3.63) is 35.7 Å². The fraction of sp³-hybridized carbons (Fsp3) is 0.640. The zero-order valence-corrected chi connectivity index (χ0v) is 19.1. The van der Waals surface area contributed by atoms with Crippen molar-refractivity contribution in [3.8, 4) is 11.4 Å². The normalized spacial score (nSPS) is 12.1. The zero-order valence-electron chi connectivity index (χ0n) is 19.1. The van der Waals surface area contributed by atoms with Gasteiger partial charge in [-0.1, -0.05) is 102 Å². The smallest absolute Gasteiger partial charge is 0.246 e. The molecule has 0 saturated carbocycles. The van der Waals surface area contributed by atoms with Gasteiger partial charge in [-0.2, -0.15) is 4.98 Å². The van der Waals surface area contributed by atoms with E-state index in [1.807, 2.05) is 0 Å². The van der Waals surface area contributed by atoms with Gasteiger partial charge in [-0.3, -0.25) is 4.79 Å². The molecule has 166 valence electrons. The van der Waals surface area contributed by atoms with E-state index in [-0.39, 0.29) is 12.5 Å². The molecule has 0 radical (unpaired) electrons. The Morgan fingerprint density at radius 3 is 2.33 bits per heavy atom. The first kappa shape index (κ1) is 24.1. The van der Waals surface area contributed by atoms with E-state index in [1.54, 1.807) is 0 Å². The van der Waals surface area contributed by atoms with Gasteiger partial charge in [0.2, 0.25) is 17.6 Å². The van der Waals surface area contributed by atoms with E-state index < -0.39 is 0 Å². The second-order valence-electron chi connectivity index (χ2n) is 8.43. The molecular formula is C25H39N3O2. The van der Waals surface area contributed by atoms with E-state index in [1.165, 1.54) is 56.9 Å². The highest BCUT2D eigenvalue weighted by Gasteiger charge is 2.11. The van der Waals surface area contributed by atoms with Crippen molar-refractivity contribution in [2.24, 2.45) is 5.92 Å². The van der Waals surface area contributed by atoms with Crippen LogP contribution in [0, 0.1) is 5.92 Å². The van der Waals surface area contributed by atoms with Crippen LogP contribution in [0.5, 0.6) is 0 Å². The van der Waals surface area contributed by atoms with Crippen LogP contribution in [0.1, 0.15) is 96.4 Å². The average Bonchev–Trinajstić information content (AvgIpc) is 3.23. The minimum Gasteiger partial charge on any atom is -0.347 e. The lowest BCUT2D eigenvalue weighted by Crippen LogP contribution is -2.24. The van der Waals surface area contributed by atoms with Gasteiger partial charge < -0.3 is 9.84 Å². The van der Waals surface area contributed by atoms with Crippen molar-refractivity contribution in [2.75, 3.05) is 0 Å². The minimum atomic E-state index is 0.0226. The van der Waals surface area contributed by atoms with Crippen molar-refractivity contribution in [2.45, 2.75) is 97.9 Å². The van der Waals surface area contributed by atoms with Crippen LogP contribution in [0.4, 0.5) is 0 Å². The molecule has 0 aliphatic heterocycles. The number of amides is 1. The van der Waals surface area contributed by atoms with Gasteiger partial charge in [0.25, 0.3) is 0 Å². The van der Waals surface area contributed by atoms with Crippen LogP contribution < -0.4 is 5.32 Å². The Labute approximate surface area is 182 Å². The lowest BCUT2D eigenvalue weighted by molar-refractivity contribution is -0.122. The summed E-state index contributed by atoms with van der Waals surface area (Å²) in [5, 5.41) is 6.90. The molecule has 1 amide bonds. The van der Waals surface area contributed by atoms with Crippen molar-refractivity contribution < 1.29 is 9.32 Å². The van der Waals surface area contributed by atoms with Crippen LogP contribution in [-0.2, 0) is 17.8 Å². The van der Waals surface area contributed by atoms with Crippen LogP contribution in [0.3, 0.4) is 0 Å². The van der Waals surface area contributed by atoms with Gasteiger partial charge in [0.15, 0.2) is 0 Å². The second-order valence-corrected chi connectivity index (χ2v) is 8.43. The number of benzene rings is 1. The molecule has 2 aromatic rings. The Kier molecular flexibility index (Phi) is 11.2. The van der Waals surface area contributed by atoms with Gasteiger partial charge >= 0.3 is 0 Å². The molecule has 0 aliphatic carbocycles. The third kappa shape index (κ3) is 9.10. The van der Waals surface area contributed by atoms with Crippen molar-refractivity contribution in [1.29, 1.82) is 0 Å². The summed E-state index contributed by atoms with van der Waals surface area (Å²) in [4.78, 5) is 16.3. The molecule has 1 heterocycles. The highest BCUT2D eigenvalue weighted by molar-refractivity contribution is 5.75. The molecule has 1 aromatic carbocycles. The Morgan fingerprint density at radius 2 is 1.67 bits per heavy atom. The average molecular weight is 414 g/mol. The quantitative estimate of drug-likeness (QED) is 0.340. The number of hydrogen-bond acceptors (Lipinski definition) is 4. The molecule has 1 aromatic heterocycles. The van der Waals surface area contributed by atoms with Crippen molar-refractivity contribution >= 4 is 5.91 Å². The van der Waals surface area contributed by atoms with Gasteiger partial charge in [0, 0.05) is 12.0 Å². The first-order valence-corrected chi connectivity index (χ1v) is 11.8. The summed E-state index contributed by atoms with van der Waals surface area (Å²) in [5.74, 6) is 1.41. The fourth-order valence-electron chi connectivity index (χ4n) is 3.43. The molecule has 1 N–H and O–H groups in total. The van der Waals surface area contributed by atoms with E-state index >= 15 is 0 Å². The number of nitrogens with zero attached hydrogens (tertiary/aromatic N) is 2. The van der Waals surface area contributed by atoms with E-state index in [0.29, 0.717) is 24.1 Å². The highest BCUT2D eigenvalue weighted by atomic mass is 16.5. The predicted octanol–water partition coefficient (Wildman–Crippen LogP) is 6.47. The summed E-state index contributed by atoms with van der Waals surface area (Å²) in [6.07, 6.45) is 13.4. The number of nitrogens with one attached hydrogen (secondary N) is 1. The molecule has 0 unspecified atom stereocenters. The van der Waals surface area contributed by atoms with Crippen LogP contribution >= 0.6 is 0 Å². The summed E-state index contributed by atoms with van der Waals surface area (Å²) in [6.45, 7) is 6.70. The van der Waals surface area contributed by atoms with Gasteiger partial charge in [-0.15, -0.1) is 0 Å². The fourth-order valence-corrected chi connectivity index (χ4v) is 3.43. The van der Waals surface area contributed by atoms with Crippen molar-refractivity contribution in [1.82, 2.24) is 15.5 Å². The predicted molar refractivity (Wildman–Crippen MR) is 122 cm³/mol. The Balaban J connectivity index is 1.70. The molecule has 5 nitrogen and oxygen atoms in total. The van der Waals surface area contributed by atoms with E-state index in [9.17, 15) is 4.79 Å². The lowest BCUT2D eigenvalue weighted by atomic mass is 10.0. The van der Waals surface area contributed by atoms with Gasteiger partial charge in [-0.05, 0) is 24.3 Å². The number of unbranched alkanes of at least 4 members (excludes halogenated alkanes) is 7. The standard InChI is InChI=1S/C25H39N3O2/c1-4-6-7-8-9-10-11-12-13-21-14-16-22(17-15-21)25-27-24(30-28-25)19-26-23(29)18-20(3)5-2/h14-17,20H,4-13,18-19H2,1-3H3,(H,26,29)/t20-/m0/s1. The molecule has 0 fully saturated rings. The maximum Gasteiger partial charge on any atom is 0.246 e. The molecule has 0 saturated heterocycles. The monoisotopic (exact) mass is 413 g/mol. The number of hydrogen-bond donors (Lipinski definition) is 1. The van der Waals surface area contributed by atoms with Gasteiger partial charge in [0.1, 0.15) is 0 Å². The third-order valence-corrected chi connectivity index (χ3v) is 5.67. The number of aryl methyl sites for hydroxylation is 1. The first-order chi connectivity index (χ1) is 14.6. The molecule has 2 rings (SSSR count). The topological polar surface area (TPSA) is 68.0 Å². The third-order valence-electron chi connectivity index (χ3n) is 5.67. The Hall–Kier alpha value is -2.17. The molecule has 0 spiro atoms. The number of rotatable bonds is 15. The summed E-state index contributed by atoms with van der Waals surface area (Å²) < 4.78 is 5.28. The maximum atomic E-state index is 11.9. The molecule has 0 aliphatic rings. The Morgan fingerprint density at radius 1 is 1.00 bits per heavy atom. The van der Waals surface area contributed by atoms with Crippen LogP contribution in [-0.4, -0.2) is 16.0 Å². The molecule has 1 atom stereocenters. The van der Waals surface area contributed by atoms with Crippen molar-refractivity contribution in [3.63, 3.8) is 0 Å². The van der Waals surface area contributed by atoms with E-state index in [0.717, 1.165) is 18.4 Å².